The van der Waals surface area contributed by atoms with Crippen molar-refractivity contribution in [3.63, 3.8) is 0 Å². The van der Waals surface area contributed by atoms with Gasteiger partial charge in [0, 0.05) is 23.2 Å². The topological polar surface area (TPSA) is 94.4 Å². The van der Waals surface area contributed by atoms with Crippen LogP contribution in [-0.2, 0) is 17.8 Å². The molecule has 9 heteroatoms. The van der Waals surface area contributed by atoms with Crippen molar-refractivity contribution >= 4 is 28.6 Å². The van der Waals surface area contributed by atoms with E-state index < -0.39 is 4.92 Å². The maximum atomic E-state index is 12.9. The van der Waals surface area contributed by atoms with Crippen molar-refractivity contribution in [2.75, 3.05) is 5.32 Å². The van der Waals surface area contributed by atoms with Crippen molar-refractivity contribution < 1.29 is 18.8 Å². The molecule has 1 aromatic heterocycles. The number of anilines is 1. The number of hydrogen-bond donors (Lipinski definition) is 1. The largest absolute Gasteiger partial charge is 0.486 e. The van der Waals surface area contributed by atoms with Gasteiger partial charge >= 0.3 is 0 Å². The van der Waals surface area contributed by atoms with Gasteiger partial charge in [-0.3, -0.25) is 14.9 Å². The van der Waals surface area contributed by atoms with E-state index in [-0.39, 0.29) is 30.4 Å². The summed E-state index contributed by atoms with van der Waals surface area (Å²) in [6.45, 7) is 0.222. The summed E-state index contributed by atoms with van der Waals surface area (Å²) in [7, 11) is 0. The Balaban J connectivity index is 1.51. The average molecular weight is 387 g/mol. The Kier molecular flexibility index (Phi) is 5.72. The average Bonchev–Trinajstić information content (AvgIpc) is 3.09. The first-order valence-electron chi connectivity index (χ1n) is 7.85. The highest BCUT2D eigenvalue weighted by atomic mass is 32.1. The quantitative estimate of drug-likeness (QED) is 0.489. The van der Waals surface area contributed by atoms with E-state index in [1.165, 1.54) is 59.9 Å². The van der Waals surface area contributed by atoms with Crippen LogP contribution in [0.4, 0.5) is 15.8 Å². The molecule has 0 saturated heterocycles. The number of amides is 1. The van der Waals surface area contributed by atoms with Crippen LogP contribution in [0.5, 0.6) is 5.75 Å². The minimum Gasteiger partial charge on any atom is -0.486 e. The zero-order chi connectivity index (χ0) is 19.2. The molecule has 1 N–H and O–H groups in total. The summed E-state index contributed by atoms with van der Waals surface area (Å²) >= 11 is 1.36. The summed E-state index contributed by atoms with van der Waals surface area (Å²) in [6.07, 6.45) is 0.0734. The fraction of sp³-hybridized carbons (Fsp3) is 0.111. The van der Waals surface area contributed by atoms with Crippen LogP contribution in [0, 0.1) is 15.9 Å². The molecule has 27 heavy (non-hydrogen) atoms. The molecule has 3 rings (SSSR count). The van der Waals surface area contributed by atoms with Crippen molar-refractivity contribution in [3.8, 4) is 5.75 Å². The number of thiazole rings is 1. The molecule has 3 aromatic rings. The lowest BCUT2D eigenvalue weighted by atomic mass is 10.2. The lowest BCUT2D eigenvalue weighted by molar-refractivity contribution is -0.384. The molecule has 2 aromatic carbocycles. The van der Waals surface area contributed by atoms with Crippen LogP contribution in [0.15, 0.2) is 53.9 Å². The summed E-state index contributed by atoms with van der Waals surface area (Å²) in [6, 6.07) is 11.3. The molecule has 0 radical (unpaired) electrons. The third kappa shape index (κ3) is 5.32. The molecule has 138 valence electrons. The Labute approximate surface area is 157 Å². The fourth-order valence-electron chi connectivity index (χ4n) is 2.21. The summed E-state index contributed by atoms with van der Waals surface area (Å²) in [5.41, 5.74) is 1.02. The molecule has 0 bridgehead atoms. The Hall–Kier alpha value is -3.33. The molecular formula is C18H14FN3O4S. The van der Waals surface area contributed by atoms with Gasteiger partial charge in [-0.25, -0.2) is 9.37 Å². The number of non-ortho nitro benzene ring substituents is 1. The highest BCUT2D eigenvalue weighted by Crippen LogP contribution is 2.18. The maximum absolute atomic E-state index is 12.9. The van der Waals surface area contributed by atoms with E-state index in [0.717, 1.165) is 0 Å². The van der Waals surface area contributed by atoms with Crippen LogP contribution >= 0.6 is 11.3 Å². The number of carbonyl (C=O) groups is 1. The Morgan fingerprint density at radius 3 is 2.56 bits per heavy atom. The molecule has 1 amide bonds. The lowest BCUT2D eigenvalue weighted by Crippen LogP contribution is -2.14. The Morgan fingerprint density at radius 2 is 1.89 bits per heavy atom. The third-order valence-corrected chi connectivity index (χ3v) is 4.35. The fourth-order valence-corrected chi connectivity index (χ4v) is 2.91. The third-order valence-electron chi connectivity index (χ3n) is 3.48. The summed E-state index contributed by atoms with van der Waals surface area (Å²) in [4.78, 5) is 26.5. The van der Waals surface area contributed by atoms with Gasteiger partial charge in [0.2, 0.25) is 5.91 Å². The number of nitrogens with zero attached hydrogens (tertiary/aromatic N) is 2. The van der Waals surface area contributed by atoms with E-state index >= 15 is 0 Å². The van der Waals surface area contributed by atoms with Crippen molar-refractivity contribution in [1.82, 2.24) is 4.98 Å². The molecule has 0 unspecified atom stereocenters. The predicted octanol–water partition coefficient (Wildman–Crippen LogP) is 3.95. The van der Waals surface area contributed by atoms with E-state index in [2.05, 4.69) is 10.3 Å². The molecule has 0 aliphatic heterocycles. The van der Waals surface area contributed by atoms with Gasteiger partial charge in [0.15, 0.2) is 0 Å². The van der Waals surface area contributed by atoms with Gasteiger partial charge in [0.05, 0.1) is 17.0 Å². The molecule has 0 atom stereocenters. The van der Waals surface area contributed by atoms with E-state index in [1.807, 2.05) is 0 Å². The van der Waals surface area contributed by atoms with Gasteiger partial charge in [-0.15, -0.1) is 11.3 Å². The smallest absolute Gasteiger partial charge is 0.269 e. The van der Waals surface area contributed by atoms with Crippen LogP contribution < -0.4 is 10.1 Å². The number of nitro benzene ring substituents is 1. The maximum Gasteiger partial charge on any atom is 0.269 e. The highest BCUT2D eigenvalue weighted by Gasteiger charge is 2.10. The second-order valence-electron chi connectivity index (χ2n) is 5.50. The molecule has 0 spiro atoms. The van der Waals surface area contributed by atoms with E-state index in [0.29, 0.717) is 22.1 Å². The minimum atomic E-state index is -0.504. The van der Waals surface area contributed by atoms with E-state index in [9.17, 15) is 19.3 Å². The zero-order valence-corrected chi connectivity index (χ0v) is 14.7. The van der Waals surface area contributed by atoms with Crippen molar-refractivity contribution in [2.24, 2.45) is 0 Å². The predicted molar refractivity (Wildman–Crippen MR) is 98.3 cm³/mol. The number of halogens is 1. The molecule has 0 saturated carbocycles. The molecule has 0 fully saturated rings. The second-order valence-corrected chi connectivity index (χ2v) is 6.45. The SMILES string of the molecule is O=C(Cc1csc(COc2ccc(F)cc2)n1)Nc1ccc([N+](=O)[O-])cc1. The normalized spacial score (nSPS) is 10.4. The van der Waals surface area contributed by atoms with Gasteiger partial charge in [-0.05, 0) is 36.4 Å². The highest BCUT2D eigenvalue weighted by molar-refractivity contribution is 7.09. The molecule has 0 aliphatic carbocycles. The van der Waals surface area contributed by atoms with Crippen LogP contribution in [0.3, 0.4) is 0 Å². The summed E-state index contributed by atoms with van der Waals surface area (Å²) in [5.74, 6) is -0.0814. The first-order valence-corrected chi connectivity index (χ1v) is 8.73. The minimum absolute atomic E-state index is 0.0432. The van der Waals surface area contributed by atoms with Gasteiger partial charge < -0.3 is 10.1 Å². The molecule has 0 aliphatic rings. The number of rotatable bonds is 7. The number of aromatic nitrogens is 1. The summed E-state index contributed by atoms with van der Waals surface area (Å²) < 4.78 is 18.4. The number of carbonyl (C=O) groups excluding carboxylic acids is 1. The van der Waals surface area contributed by atoms with Crippen LogP contribution in [0.25, 0.3) is 0 Å². The van der Waals surface area contributed by atoms with Gasteiger partial charge in [0.1, 0.15) is 23.2 Å². The standard InChI is InChI=1S/C18H14FN3O4S/c19-12-1-7-16(8-2-12)26-10-18-21-14(11-27-18)9-17(23)20-13-3-5-15(6-4-13)22(24)25/h1-8,11H,9-10H2,(H,20,23). The Bertz CT molecular complexity index is 942. The summed E-state index contributed by atoms with van der Waals surface area (Å²) in [5, 5.41) is 15.7. The second kappa shape index (κ2) is 8.37. The van der Waals surface area contributed by atoms with E-state index in [4.69, 9.17) is 4.74 Å². The van der Waals surface area contributed by atoms with Gasteiger partial charge in [0.25, 0.3) is 5.69 Å². The van der Waals surface area contributed by atoms with Crippen LogP contribution in [-0.4, -0.2) is 15.8 Å². The van der Waals surface area contributed by atoms with E-state index in [1.54, 1.807) is 5.38 Å². The number of nitrogens with one attached hydrogen (secondary N) is 1. The number of hydrogen-bond acceptors (Lipinski definition) is 6. The zero-order valence-electron chi connectivity index (χ0n) is 13.9. The van der Waals surface area contributed by atoms with Gasteiger partial charge in [-0.2, -0.15) is 0 Å². The monoisotopic (exact) mass is 387 g/mol. The lowest BCUT2D eigenvalue weighted by Gasteiger charge is -2.04. The number of ether oxygens (including phenoxy) is 1. The van der Waals surface area contributed by atoms with Gasteiger partial charge in [-0.1, -0.05) is 0 Å². The molecule has 7 nitrogen and oxygen atoms in total. The first kappa shape index (κ1) is 18.5. The van der Waals surface area contributed by atoms with Crippen molar-refractivity contribution in [1.29, 1.82) is 0 Å². The Morgan fingerprint density at radius 1 is 1.19 bits per heavy atom. The van der Waals surface area contributed by atoms with Crippen LogP contribution in [0.2, 0.25) is 0 Å². The molecular weight excluding hydrogens is 373 g/mol. The molecule has 1 heterocycles. The first-order chi connectivity index (χ1) is 13.0. The number of nitro groups is 1. The van der Waals surface area contributed by atoms with Crippen molar-refractivity contribution in [3.05, 3.63) is 80.5 Å². The number of benzene rings is 2. The van der Waals surface area contributed by atoms with Crippen LogP contribution in [0.1, 0.15) is 10.7 Å². The van der Waals surface area contributed by atoms with Crippen molar-refractivity contribution in [2.45, 2.75) is 13.0 Å².